The van der Waals surface area contributed by atoms with Crippen molar-refractivity contribution >= 4 is 29.7 Å². The number of carbonyl (C=O) groups is 2. The molecule has 178 valence electrons. The van der Waals surface area contributed by atoms with Crippen LogP contribution in [-0.4, -0.2) is 52.6 Å². The maximum Gasteiger partial charge on any atom is 0.244 e. The highest BCUT2D eigenvalue weighted by Gasteiger charge is 2.17. The lowest BCUT2D eigenvalue weighted by atomic mass is 9.95. The van der Waals surface area contributed by atoms with Gasteiger partial charge < -0.3 is 24.7 Å². The predicted octanol–water partition coefficient (Wildman–Crippen LogP) is 2.70. The molecule has 33 heavy (non-hydrogen) atoms. The molecule has 9 nitrogen and oxygen atoms in total. The van der Waals surface area contributed by atoms with E-state index in [9.17, 15) is 9.59 Å². The van der Waals surface area contributed by atoms with Crippen LogP contribution in [0.4, 0.5) is 0 Å². The van der Waals surface area contributed by atoms with Crippen LogP contribution in [-0.2, 0) is 23.2 Å². The van der Waals surface area contributed by atoms with Gasteiger partial charge in [0, 0.05) is 19.2 Å². The van der Waals surface area contributed by atoms with Crippen LogP contribution in [0.5, 0.6) is 11.5 Å². The number of carbonyl (C=O) groups excluding carboxylic acids is 2. The van der Waals surface area contributed by atoms with Crippen LogP contribution in [0.15, 0.2) is 29.4 Å². The molecule has 0 atom stereocenters. The SMILES string of the molecule is COc1ccc(/C=C/C(=O)NCc2nnc(SCC(=O)NC3CCCCC3)n2C)cc1OC. The number of nitrogens with zero attached hydrogens (tertiary/aromatic N) is 3. The van der Waals surface area contributed by atoms with Crippen molar-refractivity contribution in [1.29, 1.82) is 0 Å². The van der Waals surface area contributed by atoms with Crippen molar-refractivity contribution in [3.8, 4) is 11.5 Å². The Kier molecular flexibility index (Phi) is 9.17. The summed E-state index contributed by atoms with van der Waals surface area (Å²) in [6.07, 6.45) is 8.88. The smallest absolute Gasteiger partial charge is 0.244 e. The van der Waals surface area contributed by atoms with Gasteiger partial charge in [0.25, 0.3) is 0 Å². The maximum absolute atomic E-state index is 12.2. The quantitative estimate of drug-likeness (QED) is 0.404. The van der Waals surface area contributed by atoms with E-state index in [0.717, 1.165) is 18.4 Å². The molecule has 0 saturated heterocycles. The number of ether oxygens (including phenoxy) is 2. The largest absolute Gasteiger partial charge is 0.493 e. The lowest BCUT2D eigenvalue weighted by molar-refractivity contribution is -0.119. The normalized spacial score (nSPS) is 14.3. The summed E-state index contributed by atoms with van der Waals surface area (Å²) in [5, 5.41) is 14.8. The van der Waals surface area contributed by atoms with E-state index in [4.69, 9.17) is 9.47 Å². The zero-order chi connectivity index (χ0) is 23.6. The second-order valence-corrected chi connectivity index (χ2v) is 8.76. The molecule has 2 amide bonds. The fourth-order valence-corrected chi connectivity index (χ4v) is 4.37. The van der Waals surface area contributed by atoms with E-state index in [1.54, 1.807) is 37.0 Å². The molecule has 2 N–H and O–H groups in total. The van der Waals surface area contributed by atoms with Gasteiger partial charge in [-0.3, -0.25) is 9.59 Å². The Balaban J connectivity index is 1.46. The Hall–Kier alpha value is -3.01. The standard InChI is InChI=1S/C23H31N5O4S/c1-28-20(26-27-23(28)33-15-22(30)25-17-7-5-4-6-8-17)14-24-21(29)12-10-16-9-11-18(31-2)19(13-16)32-3/h9-13,17H,4-8,14-15H2,1-3H3,(H,24,29)(H,25,30)/b12-10+. The van der Waals surface area contributed by atoms with Crippen LogP contribution in [0, 0.1) is 0 Å². The summed E-state index contributed by atoms with van der Waals surface area (Å²) < 4.78 is 12.3. The van der Waals surface area contributed by atoms with Gasteiger partial charge in [-0.15, -0.1) is 10.2 Å². The summed E-state index contributed by atoms with van der Waals surface area (Å²) in [7, 11) is 4.96. The van der Waals surface area contributed by atoms with Crippen LogP contribution in [0.3, 0.4) is 0 Å². The van der Waals surface area contributed by atoms with Gasteiger partial charge in [-0.25, -0.2) is 0 Å². The van der Waals surface area contributed by atoms with Gasteiger partial charge in [0.05, 0.1) is 26.5 Å². The van der Waals surface area contributed by atoms with Crippen molar-refractivity contribution in [2.45, 2.75) is 49.8 Å². The summed E-state index contributed by atoms with van der Waals surface area (Å²) in [5.74, 6) is 1.89. The highest BCUT2D eigenvalue weighted by atomic mass is 32.2. The molecule has 0 radical (unpaired) electrons. The number of nitrogens with one attached hydrogen (secondary N) is 2. The molecule has 0 aliphatic heterocycles. The molecule has 10 heteroatoms. The third kappa shape index (κ3) is 7.24. The summed E-state index contributed by atoms with van der Waals surface area (Å²) >= 11 is 1.34. The van der Waals surface area contributed by atoms with Crippen molar-refractivity contribution in [3.05, 3.63) is 35.7 Å². The molecule has 0 unspecified atom stereocenters. The average Bonchev–Trinajstić information content (AvgIpc) is 3.19. The lowest BCUT2D eigenvalue weighted by Crippen LogP contribution is -2.37. The van der Waals surface area contributed by atoms with Gasteiger partial charge in [-0.1, -0.05) is 37.1 Å². The van der Waals surface area contributed by atoms with E-state index < -0.39 is 0 Å². The first-order valence-corrected chi connectivity index (χ1v) is 12.0. The minimum absolute atomic E-state index is 0.0186. The Morgan fingerprint density at radius 3 is 2.64 bits per heavy atom. The van der Waals surface area contributed by atoms with Gasteiger partial charge in [0.2, 0.25) is 11.8 Å². The summed E-state index contributed by atoms with van der Waals surface area (Å²) in [6.45, 7) is 0.230. The summed E-state index contributed by atoms with van der Waals surface area (Å²) in [6, 6.07) is 5.70. The minimum atomic E-state index is -0.256. The molecule has 1 aromatic carbocycles. The second-order valence-electron chi connectivity index (χ2n) is 7.81. The number of thioether (sulfide) groups is 1. The van der Waals surface area contributed by atoms with E-state index >= 15 is 0 Å². The third-order valence-corrected chi connectivity index (χ3v) is 6.50. The summed E-state index contributed by atoms with van der Waals surface area (Å²) in [4.78, 5) is 24.4. The number of benzene rings is 1. The minimum Gasteiger partial charge on any atom is -0.493 e. The van der Waals surface area contributed by atoms with E-state index in [1.807, 2.05) is 13.1 Å². The molecule has 1 saturated carbocycles. The Morgan fingerprint density at radius 1 is 1.15 bits per heavy atom. The van der Waals surface area contributed by atoms with E-state index in [-0.39, 0.29) is 18.4 Å². The van der Waals surface area contributed by atoms with Gasteiger partial charge in [0.15, 0.2) is 22.5 Å². The highest BCUT2D eigenvalue weighted by molar-refractivity contribution is 7.99. The first-order valence-electron chi connectivity index (χ1n) is 11.0. The predicted molar refractivity (Wildman–Crippen MR) is 127 cm³/mol. The number of aromatic nitrogens is 3. The van der Waals surface area contributed by atoms with Crippen LogP contribution in [0.2, 0.25) is 0 Å². The Morgan fingerprint density at radius 2 is 1.91 bits per heavy atom. The zero-order valence-electron chi connectivity index (χ0n) is 19.3. The maximum atomic E-state index is 12.2. The molecule has 1 aromatic heterocycles. The molecule has 2 aromatic rings. The number of amides is 2. The van der Waals surface area contributed by atoms with Crippen LogP contribution >= 0.6 is 11.8 Å². The number of hydrogen-bond donors (Lipinski definition) is 2. The monoisotopic (exact) mass is 473 g/mol. The van der Waals surface area contributed by atoms with E-state index in [0.29, 0.717) is 34.3 Å². The fraction of sp³-hybridized carbons (Fsp3) is 0.478. The van der Waals surface area contributed by atoms with E-state index in [2.05, 4.69) is 20.8 Å². The van der Waals surface area contributed by atoms with Crippen LogP contribution in [0.1, 0.15) is 43.5 Å². The van der Waals surface area contributed by atoms with Gasteiger partial charge in [-0.05, 0) is 36.6 Å². The van der Waals surface area contributed by atoms with Crippen molar-refractivity contribution in [2.75, 3.05) is 20.0 Å². The third-order valence-electron chi connectivity index (χ3n) is 5.48. The molecular weight excluding hydrogens is 442 g/mol. The van der Waals surface area contributed by atoms with Gasteiger partial charge in [0.1, 0.15) is 0 Å². The first-order chi connectivity index (χ1) is 16.0. The molecule has 1 fully saturated rings. The van der Waals surface area contributed by atoms with Crippen molar-refractivity contribution in [3.63, 3.8) is 0 Å². The Labute approximate surface area is 198 Å². The van der Waals surface area contributed by atoms with E-state index in [1.165, 1.54) is 37.1 Å². The zero-order valence-corrected chi connectivity index (χ0v) is 20.1. The molecule has 3 rings (SSSR count). The molecular formula is C23H31N5O4S. The van der Waals surface area contributed by atoms with Crippen molar-refractivity contribution in [2.24, 2.45) is 7.05 Å². The lowest BCUT2D eigenvalue weighted by Gasteiger charge is -2.22. The van der Waals surface area contributed by atoms with Crippen LogP contribution < -0.4 is 20.1 Å². The second kappa shape index (κ2) is 12.3. The number of rotatable bonds is 10. The number of hydrogen-bond acceptors (Lipinski definition) is 7. The molecule has 1 aliphatic rings. The number of methoxy groups -OCH3 is 2. The van der Waals surface area contributed by atoms with Gasteiger partial charge >= 0.3 is 0 Å². The molecule has 1 heterocycles. The van der Waals surface area contributed by atoms with Crippen molar-refractivity contribution in [1.82, 2.24) is 25.4 Å². The summed E-state index contributed by atoms with van der Waals surface area (Å²) in [5.41, 5.74) is 0.812. The average molecular weight is 474 g/mol. The molecule has 0 spiro atoms. The van der Waals surface area contributed by atoms with Gasteiger partial charge in [-0.2, -0.15) is 0 Å². The fourth-order valence-electron chi connectivity index (χ4n) is 3.62. The van der Waals surface area contributed by atoms with Crippen molar-refractivity contribution < 1.29 is 19.1 Å². The molecule has 1 aliphatic carbocycles. The molecule has 0 bridgehead atoms. The Bertz CT molecular complexity index is 985. The highest BCUT2D eigenvalue weighted by Crippen LogP contribution is 2.28. The first kappa shape index (κ1) is 24.6. The van der Waals surface area contributed by atoms with Crippen LogP contribution in [0.25, 0.3) is 6.08 Å². The topological polar surface area (TPSA) is 107 Å².